The normalized spacial score (nSPS) is 14.9. The highest BCUT2D eigenvalue weighted by molar-refractivity contribution is 5.82. The summed E-state index contributed by atoms with van der Waals surface area (Å²) in [6, 6.07) is 8.05. The van der Waals surface area contributed by atoms with Gasteiger partial charge in [-0.05, 0) is 49.6 Å². The van der Waals surface area contributed by atoms with Gasteiger partial charge in [-0.3, -0.25) is 4.79 Å². The minimum absolute atomic E-state index is 0.0506. The number of quaternary nitrogens is 1. The SMILES string of the molecule is CCN(CC)c1ccc2c(cc1=O)[C@@H]([NH2+]C)CCc1cc(OC)c(OC)c(OC)c1-2. The van der Waals surface area contributed by atoms with E-state index in [2.05, 4.69) is 37.2 Å². The molecule has 0 heterocycles. The summed E-state index contributed by atoms with van der Waals surface area (Å²) in [5.74, 6) is 1.87. The van der Waals surface area contributed by atoms with Gasteiger partial charge in [-0.25, -0.2) is 0 Å². The number of methoxy groups -OCH3 is 3. The van der Waals surface area contributed by atoms with Crippen LogP contribution in [0, 0.1) is 0 Å². The maximum absolute atomic E-state index is 13.2. The van der Waals surface area contributed by atoms with Crippen LogP contribution >= 0.6 is 0 Å². The van der Waals surface area contributed by atoms with Gasteiger partial charge in [0.05, 0.1) is 34.1 Å². The molecule has 30 heavy (non-hydrogen) atoms. The van der Waals surface area contributed by atoms with Gasteiger partial charge in [0.15, 0.2) is 11.5 Å². The molecule has 0 radical (unpaired) electrons. The number of fused-ring (bicyclic) bond motifs is 3. The van der Waals surface area contributed by atoms with E-state index in [1.807, 2.05) is 18.2 Å². The quantitative estimate of drug-likeness (QED) is 0.756. The van der Waals surface area contributed by atoms with Gasteiger partial charge in [0.2, 0.25) is 11.2 Å². The maximum atomic E-state index is 13.2. The Kier molecular flexibility index (Phi) is 6.87. The van der Waals surface area contributed by atoms with E-state index in [1.165, 1.54) is 0 Å². The van der Waals surface area contributed by atoms with E-state index in [0.29, 0.717) is 17.2 Å². The van der Waals surface area contributed by atoms with E-state index in [0.717, 1.165) is 53.9 Å². The van der Waals surface area contributed by atoms with E-state index in [9.17, 15) is 4.79 Å². The average Bonchev–Trinajstić information content (AvgIpc) is 3.01. The third-order valence-electron chi connectivity index (χ3n) is 6.07. The molecule has 2 aromatic carbocycles. The van der Waals surface area contributed by atoms with E-state index in [4.69, 9.17) is 14.2 Å². The summed E-state index contributed by atoms with van der Waals surface area (Å²) < 4.78 is 17.1. The van der Waals surface area contributed by atoms with Crippen molar-refractivity contribution in [3.05, 3.63) is 45.6 Å². The summed E-state index contributed by atoms with van der Waals surface area (Å²) in [5.41, 5.74) is 4.94. The summed E-state index contributed by atoms with van der Waals surface area (Å²) in [6.45, 7) is 5.71. The fourth-order valence-electron chi connectivity index (χ4n) is 4.51. The van der Waals surface area contributed by atoms with Crippen LogP contribution in [0.5, 0.6) is 17.2 Å². The maximum Gasteiger partial charge on any atom is 0.203 e. The molecule has 0 aromatic heterocycles. The number of hydrogen-bond acceptors (Lipinski definition) is 5. The number of ether oxygens (including phenoxy) is 3. The Balaban J connectivity index is 2.40. The fourth-order valence-corrected chi connectivity index (χ4v) is 4.51. The van der Waals surface area contributed by atoms with Crippen LogP contribution in [0.3, 0.4) is 0 Å². The molecule has 0 bridgehead atoms. The van der Waals surface area contributed by atoms with Crippen LogP contribution in [0.15, 0.2) is 29.1 Å². The van der Waals surface area contributed by atoms with Gasteiger partial charge >= 0.3 is 0 Å². The summed E-state index contributed by atoms with van der Waals surface area (Å²) in [7, 11) is 6.96. The van der Waals surface area contributed by atoms with Gasteiger partial charge in [-0.2, -0.15) is 0 Å². The molecular formula is C24H33N2O4+. The first-order valence-electron chi connectivity index (χ1n) is 10.6. The second kappa shape index (κ2) is 9.39. The van der Waals surface area contributed by atoms with Gasteiger partial charge < -0.3 is 24.4 Å². The van der Waals surface area contributed by atoms with Crippen molar-refractivity contribution in [1.82, 2.24) is 0 Å². The molecule has 0 saturated carbocycles. The van der Waals surface area contributed by atoms with E-state index in [1.54, 1.807) is 21.3 Å². The lowest BCUT2D eigenvalue weighted by Crippen LogP contribution is -2.81. The minimum atomic E-state index is 0.0506. The number of rotatable bonds is 7. The zero-order valence-corrected chi connectivity index (χ0v) is 18.9. The van der Waals surface area contributed by atoms with Crippen molar-refractivity contribution < 1.29 is 19.5 Å². The molecule has 2 aromatic rings. The van der Waals surface area contributed by atoms with Crippen LogP contribution in [0.25, 0.3) is 11.1 Å². The summed E-state index contributed by atoms with van der Waals surface area (Å²) >= 11 is 0. The molecule has 0 unspecified atom stereocenters. The largest absolute Gasteiger partial charge is 0.493 e. The lowest BCUT2D eigenvalue weighted by molar-refractivity contribution is -0.670. The molecule has 0 amide bonds. The molecule has 1 atom stereocenters. The van der Waals surface area contributed by atoms with Crippen molar-refractivity contribution in [1.29, 1.82) is 0 Å². The summed E-state index contributed by atoms with van der Waals surface area (Å²) in [5, 5.41) is 2.18. The second-order valence-electron chi connectivity index (χ2n) is 7.43. The average molecular weight is 414 g/mol. The Bertz CT molecular complexity index is 970. The summed E-state index contributed by atoms with van der Waals surface area (Å²) in [4.78, 5) is 15.3. The fraction of sp³-hybridized carbons (Fsp3) is 0.458. The molecular weight excluding hydrogens is 380 g/mol. The van der Waals surface area contributed by atoms with Gasteiger partial charge in [0.25, 0.3) is 0 Å². The standard InChI is InChI=1S/C24H32N2O4/c1-7-26(8-2)19-12-10-16-17(14-20(19)27)18(25-3)11-9-15-13-21(28-4)23(29-5)24(30-6)22(15)16/h10,12-14,18,25H,7-9,11H2,1-6H3/p+1/t18-/m0/s1. The Morgan fingerprint density at radius 1 is 1.03 bits per heavy atom. The molecule has 1 aliphatic carbocycles. The molecule has 6 heteroatoms. The Morgan fingerprint density at radius 2 is 1.73 bits per heavy atom. The van der Waals surface area contributed by atoms with E-state index < -0.39 is 0 Å². The smallest absolute Gasteiger partial charge is 0.203 e. The number of nitrogens with two attached hydrogens (primary N) is 1. The molecule has 0 saturated heterocycles. The highest BCUT2D eigenvalue weighted by Crippen LogP contribution is 2.49. The Morgan fingerprint density at radius 3 is 2.30 bits per heavy atom. The van der Waals surface area contributed by atoms with E-state index >= 15 is 0 Å². The predicted octanol–water partition coefficient (Wildman–Crippen LogP) is 2.77. The minimum Gasteiger partial charge on any atom is -0.493 e. The van der Waals surface area contributed by atoms with Crippen molar-refractivity contribution in [3.63, 3.8) is 0 Å². The van der Waals surface area contributed by atoms with E-state index in [-0.39, 0.29) is 11.5 Å². The highest BCUT2D eigenvalue weighted by atomic mass is 16.5. The molecule has 0 spiro atoms. The topological polar surface area (TPSA) is 64.6 Å². The number of benzene rings is 1. The Labute approximate surface area is 178 Å². The van der Waals surface area contributed by atoms with Crippen molar-refractivity contribution in [2.75, 3.05) is 46.4 Å². The zero-order chi connectivity index (χ0) is 21.8. The van der Waals surface area contributed by atoms with Crippen LogP contribution in [-0.2, 0) is 6.42 Å². The van der Waals surface area contributed by atoms with Crippen molar-refractivity contribution in [3.8, 4) is 28.4 Å². The first kappa shape index (κ1) is 22.0. The number of nitrogens with zero attached hydrogens (tertiary/aromatic N) is 1. The number of anilines is 1. The molecule has 3 rings (SSSR count). The highest BCUT2D eigenvalue weighted by Gasteiger charge is 2.30. The van der Waals surface area contributed by atoms with Crippen LogP contribution in [0.4, 0.5) is 5.69 Å². The van der Waals surface area contributed by atoms with Gasteiger partial charge in [0, 0.05) is 30.6 Å². The molecule has 0 fully saturated rings. The first-order chi connectivity index (χ1) is 14.5. The van der Waals surface area contributed by atoms with Crippen LogP contribution < -0.4 is 29.9 Å². The summed E-state index contributed by atoms with van der Waals surface area (Å²) in [6.07, 6.45) is 1.77. The lowest BCUT2D eigenvalue weighted by Gasteiger charge is -2.19. The van der Waals surface area contributed by atoms with Crippen molar-refractivity contribution in [2.45, 2.75) is 32.7 Å². The monoisotopic (exact) mass is 413 g/mol. The molecule has 1 aliphatic rings. The molecule has 162 valence electrons. The van der Waals surface area contributed by atoms with Gasteiger partial charge in [-0.15, -0.1) is 0 Å². The van der Waals surface area contributed by atoms with Crippen LogP contribution in [0.2, 0.25) is 0 Å². The molecule has 0 aliphatic heterocycles. The van der Waals surface area contributed by atoms with Crippen LogP contribution in [-0.4, -0.2) is 41.5 Å². The molecule has 6 nitrogen and oxygen atoms in total. The zero-order valence-electron chi connectivity index (χ0n) is 18.9. The van der Waals surface area contributed by atoms with Gasteiger partial charge in [-0.1, -0.05) is 6.07 Å². The third-order valence-corrected chi connectivity index (χ3v) is 6.07. The Hall–Kier alpha value is -2.73. The van der Waals surface area contributed by atoms with Crippen LogP contribution in [0.1, 0.15) is 37.4 Å². The number of hydrogen-bond donors (Lipinski definition) is 1. The van der Waals surface area contributed by atoms with Crippen molar-refractivity contribution in [2.24, 2.45) is 0 Å². The van der Waals surface area contributed by atoms with Crippen molar-refractivity contribution >= 4 is 5.69 Å². The molecule has 2 N–H and O–H groups in total. The first-order valence-corrected chi connectivity index (χ1v) is 10.6. The third kappa shape index (κ3) is 3.72. The predicted molar refractivity (Wildman–Crippen MR) is 120 cm³/mol. The second-order valence-corrected chi connectivity index (χ2v) is 7.43. The number of aryl methyl sites for hydroxylation is 1. The van der Waals surface area contributed by atoms with Gasteiger partial charge in [0.1, 0.15) is 6.04 Å². The lowest BCUT2D eigenvalue weighted by atomic mass is 9.95.